The predicted molar refractivity (Wildman–Crippen MR) is 63.5 cm³/mol. The summed E-state index contributed by atoms with van der Waals surface area (Å²) < 4.78 is 0. The van der Waals surface area contributed by atoms with Crippen LogP contribution in [0.3, 0.4) is 0 Å². The topological polar surface area (TPSA) is 55.6 Å². The Bertz CT molecular complexity index is 228. The molecule has 1 aliphatic rings. The fourth-order valence-electron chi connectivity index (χ4n) is 2.30. The molecule has 0 unspecified atom stereocenters. The van der Waals surface area contributed by atoms with E-state index in [1.165, 1.54) is 0 Å². The van der Waals surface area contributed by atoms with Gasteiger partial charge in [0.2, 0.25) is 5.91 Å². The number of nitrogens with two attached hydrogens (primary N) is 1. The van der Waals surface area contributed by atoms with Crippen molar-refractivity contribution < 1.29 is 9.63 Å². The summed E-state index contributed by atoms with van der Waals surface area (Å²) in [6, 6.07) is 0. The second kappa shape index (κ2) is 5.64. The molecule has 1 rings (SSSR count). The number of rotatable bonds is 3. The molecule has 0 atom stereocenters. The molecule has 2 N–H and O–H groups in total. The first kappa shape index (κ1) is 13.5. The lowest BCUT2D eigenvalue weighted by Gasteiger charge is -2.38. The molecule has 16 heavy (non-hydrogen) atoms. The molecule has 0 spiro atoms. The lowest BCUT2D eigenvalue weighted by atomic mass is 9.75. The van der Waals surface area contributed by atoms with Gasteiger partial charge in [0, 0.05) is 13.1 Å². The molecule has 0 aromatic heterocycles. The first-order valence-corrected chi connectivity index (χ1v) is 6.04. The van der Waals surface area contributed by atoms with Crippen molar-refractivity contribution in [3.05, 3.63) is 0 Å². The van der Waals surface area contributed by atoms with Crippen molar-refractivity contribution in [2.45, 2.75) is 40.0 Å². The van der Waals surface area contributed by atoms with Crippen molar-refractivity contribution in [1.82, 2.24) is 4.90 Å². The summed E-state index contributed by atoms with van der Waals surface area (Å²) in [5.41, 5.74) is 0.357. The van der Waals surface area contributed by atoms with Crippen LogP contribution in [0.5, 0.6) is 0 Å². The maximum atomic E-state index is 11.7. The summed E-state index contributed by atoms with van der Waals surface area (Å²) in [4.78, 5) is 18.1. The molecule has 4 heteroatoms. The Morgan fingerprint density at radius 3 is 2.38 bits per heavy atom. The van der Waals surface area contributed by atoms with Crippen molar-refractivity contribution in [2.75, 3.05) is 19.7 Å². The van der Waals surface area contributed by atoms with Gasteiger partial charge in [-0.25, -0.2) is 5.90 Å². The van der Waals surface area contributed by atoms with Crippen molar-refractivity contribution in [3.8, 4) is 0 Å². The Balaban J connectivity index is 2.34. The van der Waals surface area contributed by atoms with Gasteiger partial charge in [-0.05, 0) is 24.2 Å². The molecular weight excluding hydrogens is 204 g/mol. The molecule has 0 saturated carbocycles. The van der Waals surface area contributed by atoms with E-state index in [2.05, 4.69) is 25.6 Å². The normalized spacial score (nSPS) is 18.9. The number of hydrogen-bond acceptors (Lipinski definition) is 3. The van der Waals surface area contributed by atoms with E-state index in [1.807, 2.05) is 4.90 Å². The SMILES string of the molecule is CC(C)(C)C1CCN(C(=O)CCON)CC1. The molecule has 0 aromatic carbocycles. The van der Waals surface area contributed by atoms with Crippen molar-refractivity contribution in [2.24, 2.45) is 17.2 Å². The summed E-state index contributed by atoms with van der Waals surface area (Å²) in [5.74, 6) is 5.80. The summed E-state index contributed by atoms with van der Waals surface area (Å²) in [7, 11) is 0. The summed E-state index contributed by atoms with van der Waals surface area (Å²) in [6.45, 7) is 8.90. The quantitative estimate of drug-likeness (QED) is 0.746. The van der Waals surface area contributed by atoms with Crippen molar-refractivity contribution >= 4 is 5.91 Å². The molecule has 1 aliphatic heterocycles. The molecule has 0 radical (unpaired) electrons. The minimum atomic E-state index is 0.165. The van der Waals surface area contributed by atoms with Crippen LogP contribution >= 0.6 is 0 Å². The maximum absolute atomic E-state index is 11.7. The molecule has 0 bridgehead atoms. The Kier molecular flexibility index (Phi) is 4.74. The standard InChI is InChI=1S/C12H24N2O2/c1-12(2,3)10-4-7-14(8-5-10)11(15)6-9-16-13/h10H,4-9,13H2,1-3H3. The van der Waals surface area contributed by atoms with Gasteiger partial charge < -0.3 is 9.74 Å². The third kappa shape index (κ3) is 3.76. The fraction of sp³-hybridized carbons (Fsp3) is 0.917. The average molecular weight is 228 g/mol. The lowest BCUT2D eigenvalue weighted by molar-refractivity contribution is -0.134. The molecule has 1 heterocycles. The number of carbonyl (C=O) groups excluding carboxylic acids is 1. The highest BCUT2D eigenvalue weighted by Crippen LogP contribution is 2.34. The molecule has 0 aliphatic carbocycles. The van der Waals surface area contributed by atoms with Gasteiger partial charge in [0.05, 0.1) is 13.0 Å². The summed E-state index contributed by atoms with van der Waals surface area (Å²) in [5, 5.41) is 0. The second-order valence-corrected chi connectivity index (χ2v) is 5.64. The summed E-state index contributed by atoms with van der Waals surface area (Å²) >= 11 is 0. The van der Waals surface area contributed by atoms with Crippen LogP contribution in [0.15, 0.2) is 0 Å². The maximum Gasteiger partial charge on any atom is 0.224 e. The zero-order valence-electron chi connectivity index (χ0n) is 10.7. The second-order valence-electron chi connectivity index (χ2n) is 5.64. The highest BCUT2D eigenvalue weighted by molar-refractivity contribution is 5.76. The Morgan fingerprint density at radius 1 is 1.38 bits per heavy atom. The van der Waals surface area contributed by atoms with Gasteiger partial charge in [-0.15, -0.1) is 0 Å². The van der Waals surface area contributed by atoms with Crippen LogP contribution < -0.4 is 5.90 Å². The number of nitrogens with zero attached hydrogens (tertiary/aromatic N) is 1. The van der Waals surface area contributed by atoms with E-state index in [0.717, 1.165) is 31.8 Å². The van der Waals surface area contributed by atoms with E-state index in [-0.39, 0.29) is 5.91 Å². The molecule has 0 aromatic rings. The van der Waals surface area contributed by atoms with Crippen LogP contribution in [-0.2, 0) is 9.63 Å². The number of carbonyl (C=O) groups is 1. The first-order chi connectivity index (χ1) is 7.45. The third-order valence-corrected chi connectivity index (χ3v) is 3.51. The largest absolute Gasteiger partial charge is 0.343 e. The smallest absolute Gasteiger partial charge is 0.224 e. The third-order valence-electron chi connectivity index (χ3n) is 3.51. The molecular formula is C12H24N2O2. The highest BCUT2D eigenvalue weighted by Gasteiger charge is 2.29. The lowest BCUT2D eigenvalue weighted by Crippen LogP contribution is -2.41. The van der Waals surface area contributed by atoms with Crippen LogP contribution in [0.2, 0.25) is 0 Å². The van der Waals surface area contributed by atoms with E-state index >= 15 is 0 Å². The van der Waals surface area contributed by atoms with Gasteiger partial charge in [0.1, 0.15) is 0 Å². The fourth-order valence-corrected chi connectivity index (χ4v) is 2.30. The van der Waals surface area contributed by atoms with E-state index < -0.39 is 0 Å². The number of hydrogen-bond donors (Lipinski definition) is 1. The predicted octanol–water partition coefficient (Wildman–Crippen LogP) is 1.55. The van der Waals surface area contributed by atoms with E-state index in [1.54, 1.807) is 0 Å². The average Bonchev–Trinajstić information content (AvgIpc) is 2.25. The van der Waals surface area contributed by atoms with Crippen LogP contribution in [0.4, 0.5) is 0 Å². The van der Waals surface area contributed by atoms with E-state index in [4.69, 9.17) is 5.90 Å². The van der Waals surface area contributed by atoms with Gasteiger partial charge in [0.15, 0.2) is 0 Å². The minimum Gasteiger partial charge on any atom is -0.343 e. The first-order valence-electron chi connectivity index (χ1n) is 6.04. The zero-order valence-corrected chi connectivity index (χ0v) is 10.7. The molecule has 4 nitrogen and oxygen atoms in total. The van der Waals surface area contributed by atoms with Crippen molar-refractivity contribution in [3.63, 3.8) is 0 Å². The Labute approximate surface area is 98.1 Å². The zero-order chi connectivity index (χ0) is 12.2. The number of amides is 1. The number of likely N-dealkylation sites (tertiary alicyclic amines) is 1. The van der Waals surface area contributed by atoms with Gasteiger partial charge in [-0.3, -0.25) is 4.79 Å². The van der Waals surface area contributed by atoms with Gasteiger partial charge in [-0.2, -0.15) is 0 Å². The molecule has 94 valence electrons. The molecule has 1 saturated heterocycles. The van der Waals surface area contributed by atoms with Crippen LogP contribution in [0.25, 0.3) is 0 Å². The van der Waals surface area contributed by atoms with E-state index in [9.17, 15) is 4.79 Å². The Morgan fingerprint density at radius 2 is 1.94 bits per heavy atom. The molecule has 1 amide bonds. The van der Waals surface area contributed by atoms with Crippen LogP contribution in [-0.4, -0.2) is 30.5 Å². The van der Waals surface area contributed by atoms with Gasteiger partial charge in [-0.1, -0.05) is 20.8 Å². The highest BCUT2D eigenvalue weighted by atomic mass is 16.6. The van der Waals surface area contributed by atoms with Crippen molar-refractivity contribution in [1.29, 1.82) is 0 Å². The van der Waals surface area contributed by atoms with Gasteiger partial charge in [0.25, 0.3) is 0 Å². The Hall–Kier alpha value is -0.610. The monoisotopic (exact) mass is 228 g/mol. The minimum absolute atomic E-state index is 0.165. The number of piperidine rings is 1. The van der Waals surface area contributed by atoms with Gasteiger partial charge >= 0.3 is 0 Å². The van der Waals surface area contributed by atoms with Crippen LogP contribution in [0, 0.1) is 11.3 Å². The summed E-state index contributed by atoms with van der Waals surface area (Å²) in [6.07, 6.45) is 2.62. The molecule has 1 fully saturated rings. The van der Waals surface area contributed by atoms with Crippen LogP contribution in [0.1, 0.15) is 40.0 Å². The van der Waals surface area contributed by atoms with E-state index in [0.29, 0.717) is 18.4 Å².